The number of carbonyl (C=O) groups is 2. The molecule has 0 radical (unpaired) electrons. The van der Waals surface area contributed by atoms with E-state index in [2.05, 4.69) is 0 Å². The molecule has 1 aromatic heterocycles. The number of ether oxygens (including phenoxy) is 1. The van der Waals surface area contributed by atoms with Gasteiger partial charge in [0.25, 0.3) is 11.7 Å². The molecule has 7 heteroatoms. The summed E-state index contributed by atoms with van der Waals surface area (Å²) < 4.78 is 5.15. The van der Waals surface area contributed by atoms with E-state index in [1.807, 2.05) is 24.4 Å². The van der Waals surface area contributed by atoms with Crippen LogP contribution < -0.4 is 9.64 Å². The minimum atomic E-state index is -0.730. The minimum Gasteiger partial charge on any atom is -0.507 e. The van der Waals surface area contributed by atoms with E-state index in [1.54, 1.807) is 49.6 Å². The number of rotatable bonds is 4. The summed E-state index contributed by atoms with van der Waals surface area (Å²) in [7, 11) is 1.55. The summed E-state index contributed by atoms with van der Waals surface area (Å²) in [5.74, 6) is -1.01. The molecule has 1 amide bonds. The molecule has 30 heavy (non-hydrogen) atoms. The van der Waals surface area contributed by atoms with E-state index < -0.39 is 17.7 Å². The number of hydrogen-bond acceptors (Lipinski definition) is 5. The summed E-state index contributed by atoms with van der Waals surface area (Å²) >= 11 is 7.50. The standard InChI is InChI=1S/C23H18ClNO4S/c1-13-12-15(24)7-10-17(13)25-20(18-4-3-11-30-18)19(22(27)23(25)28)21(26)14-5-8-16(29-2)9-6-14/h3-12,20,26H,1-2H3/b21-19-. The van der Waals surface area contributed by atoms with Crippen molar-refractivity contribution in [2.24, 2.45) is 0 Å². The van der Waals surface area contributed by atoms with Crippen LogP contribution in [0, 0.1) is 6.92 Å². The van der Waals surface area contributed by atoms with E-state index in [-0.39, 0.29) is 11.3 Å². The molecule has 1 saturated heterocycles. The van der Waals surface area contributed by atoms with Crippen molar-refractivity contribution in [2.75, 3.05) is 12.0 Å². The van der Waals surface area contributed by atoms with Crippen molar-refractivity contribution < 1.29 is 19.4 Å². The number of carbonyl (C=O) groups excluding carboxylic acids is 2. The highest BCUT2D eigenvalue weighted by molar-refractivity contribution is 7.10. The first-order valence-corrected chi connectivity index (χ1v) is 10.4. The minimum absolute atomic E-state index is 0.0574. The number of hydrogen-bond donors (Lipinski definition) is 1. The number of thiophene rings is 1. The van der Waals surface area contributed by atoms with Crippen molar-refractivity contribution in [3.8, 4) is 5.75 Å². The Kier molecular flexibility index (Phi) is 5.37. The highest BCUT2D eigenvalue weighted by Gasteiger charge is 2.47. The average molecular weight is 440 g/mol. The number of aryl methyl sites for hydroxylation is 1. The van der Waals surface area contributed by atoms with Crippen molar-refractivity contribution in [1.82, 2.24) is 0 Å². The first-order valence-electron chi connectivity index (χ1n) is 9.17. The normalized spacial score (nSPS) is 18.1. The zero-order valence-corrected chi connectivity index (χ0v) is 17.8. The highest BCUT2D eigenvalue weighted by Crippen LogP contribution is 2.44. The van der Waals surface area contributed by atoms with E-state index in [4.69, 9.17) is 16.3 Å². The number of ketones is 1. The number of benzene rings is 2. The molecule has 3 aromatic rings. The molecule has 5 nitrogen and oxygen atoms in total. The van der Waals surface area contributed by atoms with E-state index >= 15 is 0 Å². The third kappa shape index (κ3) is 3.38. The summed E-state index contributed by atoms with van der Waals surface area (Å²) in [5, 5.41) is 13.5. The monoisotopic (exact) mass is 439 g/mol. The average Bonchev–Trinajstić information content (AvgIpc) is 3.35. The second-order valence-electron chi connectivity index (χ2n) is 6.84. The van der Waals surface area contributed by atoms with Crippen LogP contribution in [0.25, 0.3) is 5.76 Å². The van der Waals surface area contributed by atoms with Crippen molar-refractivity contribution in [2.45, 2.75) is 13.0 Å². The molecule has 152 valence electrons. The fourth-order valence-corrected chi connectivity index (χ4v) is 4.64. The number of amides is 1. The summed E-state index contributed by atoms with van der Waals surface area (Å²) in [5.41, 5.74) is 1.83. The van der Waals surface area contributed by atoms with Gasteiger partial charge in [-0.3, -0.25) is 14.5 Å². The third-order valence-corrected chi connectivity index (χ3v) is 6.20. The van der Waals surface area contributed by atoms with Crippen LogP contribution in [0.4, 0.5) is 5.69 Å². The Bertz CT molecular complexity index is 1150. The van der Waals surface area contributed by atoms with Crippen molar-refractivity contribution in [1.29, 1.82) is 0 Å². The molecule has 2 aromatic carbocycles. The maximum Gasteiger partial charge on any atom is 0.300 e. The molecular weight excluding hydrogens is 422 g/mol. The molecule has 2 heterocycles. The lowest BCUT2D eigenvalue weighted by Crippen LogP contribution is -2.29. The Morgan fingerprint density at radius 3 is 2.47 bits per heavy atom. The van der Waals surface area contributed by atoms with Gasteiger partial charge in [-0.2, -0.15) is 0 Å². The second kappa shape index (κ2) is 7.97. The number of aliphatic hydroxyl groups is 1. The second-order valence-corrected chi connectivity index (χ2v) is 8.26. The molecule has 1 aliphatic heterocycles. The van der Waals surface area contributed by atoms with Gasteiger partial charge in [-0.05, 0) is 66.4 Å². The van der Waals surface area contributed by atoms with Gasteiger partial charge in [-0.25, -0.2) is 0 Å². The SMILES string of the molecule is COc1ccc(/C(O)=C2/C(=O)C(=O)N(c3ccc(Cl)cc3C)C2c2cccs2)cc1. The van der Waals surface area contributed by atoms with Crippen LogP contribution in [0.5, 0.6) is 5.75 Å². The van der Waals surface area contributed by atoms with Crippen LogP contribution in [-0.2, 0) is 9.59 Å². The van der Waals surface area contributed by atoms with Gasteiger partial charge in [0.15, 0.2) is 0 Å². The summed E-state index contributed by atoms with van der Waals surface area (Å²) in [6, 6.07) is 14.8. The first-order chi connectivity index (χ1) is 14.4. The Labute approximate surface area is 182 Å². The van der Waals surface area contributed by atoms with Crippen LogP contribution in [0.1, 0.15) is 22.0 Å². The maximum absolute atomic E-state index is 13.1. The van der Waals surface area contributed by atoms with E-state index in [1.165, 1.54) is 16.2 Å². The maximum atomic E-state index is 13.1. The van der Waals surface area contributed by atoms with Crippen LogP contribution in [-0.4, -0.2) is 23.9 Å². The van der Waals surface area contributed by atoms with Gasteiger partial charge in [0.2, 0.25) is 0 Å². The van der Waals surface area contributed by atoms with Gasteiger partial charge in [0.05, 0.1) is 12.7 Å². The van der Waals surface area contributed by atoms with Gasteiger partial charge >= 0.3 is 0 Å². The molecule has 0 bridgehead atoms. The molecule has 0 aliphatic carbocycles. The number of methoxy groups -OCH3 is 1. The molecule has 0 saturated carbocycles. The van der Waals surface area contributed by atoms with Gasteiger partial charge in [0, 0.05) is 21.2 Å². The number of aliphatic hydroxyl groups excluding tert-OH is 1. The van der Waals surface area contributed by atoms with Gasteiger partial charge < -0.3 is 9.84 Å². The number of anilines is 1. The topological polar surface area (TPSA) is 66.8 Å². The summed E-state index contributed by atoms with van der Waals surface area (Å²) in [6.45, 7) is 1.83. The summed E-state index contributed by atoms with van der Waals surface area (Å²) in [6.07, 6.45) is 0. The van der Waals surface area contributed by atoms with Crippen LogP contribution in [0.3, 0.4) is 0 Å². The van der Waals surface area contributed by atoms with Crippen molar-refractivity contribution in [3.05, 3.63) is 86.6 Å². The molecule has 1 aliphatic rings. The fourth-order valence-electron chi connectivity index (χ4n) is 3.59. The Morgan fingerprint density at radius 2 is 1.87 bits per heavy atom. The molecule has 1 fully saturated rings. The van der Waals surface area contributed by atoms with Gasteiger partial charge in [-0.1, -0.05) is 17.7 Å². The molecule has 4 rings (SSSR count). The number of halogens is 1. The van der Waals surface area contributed by atoms with Crippen molar-refractivity contribution >= 4 is 46.1 Å². The lowest BCUT2D eigenvalue weighted by Gasteiger charge is -2.25. The van der Waals surface area contributed by atoms with E-state index in [0.717, 1.165) is 10.4 Å². The van der Waals surface area contributed by atoms with Crippen LogP contribution >= 0.6 is 22.9 Å². The quantitative estimate of drug-likeness (QED) is 0.338. The first kappa shape index (κ1) is 20.2. The number of Topliss-reactive ketones (excluding diaryl/α,β-unsaturated/α-hetero) is 1. The zero-order valence-electron chi connectivity index (χ0n) is 16.3. The zero-order chi connectivity index (χ0) is 21.4. The predicted octanol–water partition coefficient (Wildman–Crippen LogP) is 5.34. The summed E-state index contributed by atoms with van der Waals surface area (Å²) in [4.78, 5) is 28.3. The smallest absolute Gasteiger partial charge is 0.300 e. The third-order valence-electron chi connectivity index (χ3n) is 5.04. The largest absolute Gasteiger partial charge is 0.507 e. The lowest BCUT2D eigenvalue weighted by molar-refractivity contribution is -0.132. The number of nitrogens with zero attached hydrogens (tertiary/aromatic N) is 1. The van der Waals surface area contributed by atoms with Crippen molar-refractivity contribution in [3.63, 3.8) is 0 Å². The highest BCUT2D eigenvalue weighted by atomic mass is 35.5. The molecule has 1 atom stereocenters. The van der Waals surface area contributed by atoms with Crippen LogP contribution in [0.15, 0.2) is 65.6 Å². The predicted molar refractivity (Wildman–Crippen MR) is 118 cm³/mol. The molecule has 1 N–H and O–H groups in total. The fraction of sp³-hybridized carbons (Fsp3) is 0.130. The Balaban J connectivity index is 1.91. The lowest BCUT2D eigenvalue weighted by atomic mass is 9.99. The molecular formula is C23H18ClNO4S. The Morgan fingerprint density at radius 1 is 1.13 bits per heavy atom. The van der Waals surface area contributed by atoms with Gasteiger partial charge in [0.1, 0.15) is 17.6 Å². The van der Waals surface area contributed by atoms with E-state index in [9.17, 15) is 14.7 Å². The molecule has 1 unspecified atom stereocenters. The Hall–Kier alpha value is -3.09. The molecule has 0 spiro atoms. The van der Waals surface area contributed by atoms with Crippen LogP contribution in [0.2, 0.25) is 5.02 Å². The van der Waals surface area contributed by atoms with E-state index in [0.29, 0.717) is 22.0 Å². The van der Waals surface area contributed by atoms with Gasteiger partial charge in [-0.15, -0.1) is 11.3 Å².